The number of nitrogens with one attached hydrogen (secondary N) is 1. The van der Waals surface area contributed by atoms with E-state index in [1.807, 2.05) is 43.3 Å². The molecule has 37 heavy (non-hydrogen) atoms. The Morgan fingerprint density at radius 2 is 1.81 bits per heavy atom. The van der Waals surface area contributed by atoms with E-state index in [1.165, 1.54) is 0 Å². The lowest BCUT2D eigenvalue weighted by molar-refractivity contribution is -0.124. The molecule has 7 heteroatoms. The summed E-state index contributed by atoms with van der Waals surface area (Å²) in [7, 11) is 0. The number of carbonyl (C=O) groups excluding carboxylic acids is 1. The van der Waals surface area contributed by atoms with Crippen LogP contribution in [-0.4, -0.2) is 32.3 Å². The van der Waals surface area contributed by atoms with Gasteiger partial charge in [-0.15, -0.1) is 0 Å². The van der Waals surface area contributed by atoms with Gasteiger partial charge in [0.05, 0.1) is 23.5 Å². The largest absolute Gasteiger partial charge is 0.478 e. The molecule has 1 amide bonds. The summed E-state index contributed by atoms with van der Waals surface area (Å²) in [4.78, 5) is 29.4. The molecule has 2 aromatic carbocycles. The Hall–Kier alpha value is -3.06. The van der Waals surface area contributed by atoms with Crippen molar-refractivity contribution in [1.82, 2.24) is 14.9 Å². The van der Waals surface area contributed by atoms with Gasteiger partial charge in [0.25, 0.3) is 0 Å². The fourth-order valence-corrected chi connectivity index (χ4v) is 4.96. The highest BCUT2D eigenvalue weighted by Gasteiger charge is 2.20. The molecule has 0 aliphatic heterocycles. The SMILES string of the molecule is CCCCc1nc(C)c(CNC(=O)[C@@H](CS)CC(C)C)n1Cc1ccc(-c2ccccc2C(=O)O)cc1. The summed E-state index contributed by atoms with van der Waals surface area (Å²) in [5, 5.41) is 12.7. The minimum Gasteiger partial charge on any atom is -0.478 e. The number of aromatic nitrogens is 2. The number of carboxylic acid groups (broad SMARTS) is 1. The van der Waals surface area contributed by atoms with Crippen molar-refractivity contribution in [2.75, 3.05) is 5.75 Å². The van der Waals surface area contributed by atoms with Gasteiger partial charge in [-0.25, -0.2) is 9.78 Å². The van der Waals surface area contributed by atoms with Crippen LogP contribution in [-0.2, 0) is 24.3 Å². The molecule has 198 valence electrons. The molecule has 0 saturated heterocycles. The number of benzene rings is 2. The van der Waals surface area contributed by atoms with Crippen LogP contribution in [0.25, 0.3) is 11.1 Å². The number of aryl methyl sites for hydroxylation is 2. The third-order valence-electron chi connectivity index (χ3n) is 6.65. The van der Waals surface area contributed by atoms with Gasteiger partial charge >= 0.3 is 5.97 Å². The first kappa shape index (κ1) is 28.5. The summed E-state index contributed by atoms with van der Waals surface area (Å²) in [6.45, 7) is 9.47. The average Bonchev–Trinajstić information content (AvgIpc) is 3.18. The number of nitrogens with zero attached hydrogens (tertiary/aromatic N) is 2. The van der Waals surface area contributed by atoms with Gasteiger partial charge in [-0.2, -0.15) is 12.6 Å². The van der Waals surface area contributed by atoms with Gasteiger partial charge in [0.1, 0.15) is 5.82 Å². The first-order chi connectivity index (χ1) is 17.7. The summed E-state index contributed by atoms with van der Waals surface area (Å²) < 4.78 is 2.23. The van der Waals surface area contributed by atoms with Gasteiger partial charge in [-0.1, -0.05) is 69.7 Å². The maximum Gasteiger partial charge on any atom is 0.336 e. The third-order valence-corrected chi connectivity index (χ3v) is 7.09. The highest BCUT2D eigenvalue weighted by atomic mass is 32.1. The number of carboxylic acids is 1. The number of hydrogen-bond donors (Lipinski definition) is 3. The molecule has 0 fully saturated rings. The van der Waals surface area contributed by atoms with Crippen LogP contribution in [0.5, 0.6) is 0 Å². The molecule has 3 aromatic rings. The van der Waals surface area contributed by atoms with E-state index in [9.17, 15) is 14.7 Å². The first-order valence-corrected chi connectivity index (χ1v) is 13.7. The van der Waals surface area contributed by atoms with E-state index in [-0.39, 0.29) is 17.4 Å². The summed E-state index contributed by atoms with van der Waals surface area (Å²) >= 11 is 4.40. The van der Waals surface area contributed by atoms with E-state index in [1.54, 1.807) is 12.1 Å². The van der Waals surface area contributed by atoms with Gasteiger partial charge in [-0.05, 0) is 48.4 Å². The summed E-state index contributed by atoms with van der Waals surface area (Å²) in [5.41, 5.74) is 4.90. The van der Waals surface area contributed by atoms with Crippen molar-refractivity contribution < 1.29 is 14.7 Å². The van der Waals surface area contributed by atoms with Crippen molar-refractivity contribution >= 4 is 24.5 Å². The number of unbranched alkanes of at least 4 members (excludes halogenated alkanes) is 1. The Kier molecular flexibility index (Phi) is 10.4. The highest BCUT2D eigenvalue weighted by Crippen LogP contribution is 2.25. The van der Waals surface area contributed by atoms with Crippen LogP contribution in [0.15, 0.2) is 48.5 Å². The van der Waals surface area contributed by atoms with Gasteiger partial charge in [0.2, 0.25) is 5.91 Å². The normalized spacial score (nSPS) is 12.1. The standard InChI is InChI=1S/C30H39N3O3S/c1-5-6-11-28-32-21(4)27(17-31-29(34)24(19-37)16-20(2)3)33(28)18-22-12-14-23(15-13-22)25-9-7-8-10-26(25)30(35)36/h7-10,12-15,20,24,37H,5-6,11,16-19H2,1-4H3,(H,31,34)(H,35,36)/t24-/m1/s1. The van der Waals surface area contributed by atoms with Crippen LogP contribution < -0.4 is 5.32 Å². The zero-order valence-corrected chi connectivity index (χ0v) is 23.2. The van der Waals surface area contributed by atoms with Crippen molar-refractivity contribution in [3.63, 3.8) is 0 Å². The zero-order valence-electron chi connectivity index (χ0n) is 22.3. The van der Waals surface area contributed by atoms with Crippen LogP contribution in [0.3, 0.4) is 0 Å². The van der Waals surface area contributed by atoms with Crippen LogP contribution in [0, 0.1) is 18.8 Å². The molecule has 1 aromatic heterocycles. The fourth-order valence-electron chi connectivity index (χ4n) is 4.65. The Morgan fingerprint density at radius 3 is 2.43 bits per heavy atom. The predicted molar refractivity (Wildman–Crippen MR) is 152 cm³/mol. The Balaban J connectivity index is 1.85. The molecular formula is C30H39N3O3S. The lowest BCUT2D eigenvalue weighted by atomic mass is 9.98. The average molecular weight is 522 g/mol. The van der Waals surface area contributed by atoms with Crippen molar-refractivity contribution in [2.45, 2.75) is 66.5 Å². The molecule has 0 unspecified atom stereocenters. The number of rotatable bonds is 13. The Labute approximate surface area is 225 Å². The number of amides is 1. The van der Waals surface area contributed by atoms with Gasteiger partial charge < -0.3 is 15.0 Å². The van der Waals surface area contributed by atoms with Crippen molar-refractivity contribution in [2.24, 2.45) is 11.8 Å². The van der Waals surface area contributed by atoms with Crippen LogP contribution in [0.1, 0.15) is 73.2 Å². The van der Waals surface area contributed by atoms with Gasteiger partial charge in [0.15, 0.2) is 0 Å². The molecule has 6 nitrogen and oxygen atoms in total. The van der Waals surface area contributed by atoms with E-state index in [0.717, 1.165) is 54.0 Å². The van der Waals surface area contributed by atoms with Crippen LogP contribution >= 0.6 is 12.6 Å². The second kappa shape index (κ2) is 13.5. The molecule has 3 rings (SSSR count). The molecule has 0 aliphatic carbocycles. The zero-order chi connectivity index (χ0) is 26.9. The molecule has 0 aliphatic rings. The molecule has 0 bridgehead atoms. The lowest BCUT2D eigenvalue weighted by Gasteiger charge is -2.18. The summed E-state index contributed by atoms with van der Waals surface area (Å²) in [6, 6.07) is 15.1. The molecule has 0 spiro atoms. The number of imidazole rings is 1. The second-order valence-electron chi connectivity index (χ2n) is 10.0. The summed E-state index contributed by atoms with van der Waals surface area (Å²) in [5.74, 6) is 0.974. The smallest absolute Gasteiger partial charge is 0.336 e. The highest BCUT2D eigenvalue weighted by molar-refractivity contribution is 7.80. The van der Waals surface area contributed by atoms with Crippen molar-refractivity contribution in [3.8, 4) is 11.1 Å². The van der Waals surface area contributed by atoms with E-state index in [0.29, 0.717) is 30.3 Å². The molecular weight excluding hydrogens is 482 g/mol. The van der Waals surface area contributed by atoms with Crippen LogP contribution in [0.2, 0.25) is 0 Å². The number of thiol groups is 1. The molecule has 0 saturated carbocycles. The van der Waals surface area contributed by atoms with E-state index in [2.05, 4.69) is 43.3 Å². The van der Waals surface area contributed by atoms with Crippen molar-refractivity contribution in [3.05, 3.63) is 76.9 Å². The minimum absolute atomic E-state index is 0.0346. The van der Waals surface area contributed by atoms with Crippen LogP contribution in [0.4, 0.5) is 0 Å². The third kappa shape index (κ3) is 7.48. The molecule has 1 atom stereocenters. The van der Waals surface area contributed by atoms with Crippen molar-refractivity contribution in [1.29, 1.82) is 0 Å². The quantitative estimate of drug-likeness (QED) is 0.235. The number of carbonyl (C=O) groups is 2. The predicted octanol–water partition coefficient (Wildman–Crippen LogP) is 6.16. The number of aromatic carboxylic acids is 1. The first-order valence-electron chi connectivity index (χ1n) is 13.1. The Bertz CT molecular complexity index is 1200. The maximum atomic E-state index is 12.9. The molecule has 0 radical (unpaired) electrons. The van der Waals surface area contributed by atoms with E-state index >= 15 is 0 Å². The summed E-state index contributed by atoms with van der Waals surface area (Å²) in [6.07, 6.45) is 3.81. The van der Waals surface area contributed by atoms with E-state index in [4.69, 9.17) is 4.98 Å². The van der Waals surface area contributed by atoms with Gasteiger partial charge in [-0.3, -0.25) is 4.79 Å². The monoisotopic (exact) mass is 521 g/mol. The minimum atomic E-state index is -0.936. The van der Waals surface area contributed by atoms with Gasteiger partial charge in [0, 0.05) is 24.6 Å². The van der Waals surface area contributed by atoms with E-state index < -0.39 is 5.97 Å². The lowest BCUT2D eigenvalue weighted by Crippen LogP contribution is -2.33. The topological polar surface area (TPSA) is 84.2 Å². The maximum absolute atomic E-state index is 12.9. The number of hydrogen-bond acceptors (Lipinski definition) is 4. The molecule has 1 heterocycles. The molecule has 2 N–H and O–H groups in total. The second-order valence-corrected chi connectivity index (χ2v) is 10.4. The Morgan fingerprint density at radius 1 is 1.11 bits per heavy atom. The fraction of sp³-hybridized carbons (Fsp3) is 0.433.